The number of nitrogens with zero attached hydrogens (tertiary/aromatic N) is 2. The van der Waals surface area contributed by atoms with Gasteiger partial charge in [0, 0.05) is 58.4 Å². The number of para-hydroxylation sites is 1. The first kappa shape index (κ1) is 24.8. The summed E-state index contributed by atoms with van der Waals surface area (Å²) in [7, 11) is 0. The van der Waals surface area contributed by atoms with Crippen molar-refractivity contribution in [1.29, 1.82) is 0 Å². The van der Waals surface area contributed by atoms with Gasteiger partial charge in [0.25, 0.3) is 0 Å². The molecule has 0 aliphatic heterocycles. The molecule has 0 atom stereocenters. The van der Waals surface area contributed by atoms with E-state index < -0.39 is 30.2 Å². The number of hydrogen-bond donors (Lipinski definition) is 0. The SMILES string of the molecule is [2H]c1c([2H])c([2H])c2c(-n3c4ccc(-c5cc(Cl)cc(N(c6ccccc6)c6ccc7sc8ccccc8c7c6)c5)cc4c4c5ccccc5ccc43)c([2H])c([2H])c([2H])c2c1[2H]. The van der Waals surface area contributed by atoms with Gasteiger partial charge in [-0.05, 0) is 106 Å². The minimum absolute atomic E-state index is 0.0298. The fraction of sp³-hybridized carbons (Fsp3) is 0. The Morgan fingerprint density at radius 1 is 0.481 bits per heavy atom. The molecule has 0 spiro atoms. The van der Waals surface area contributed by atoms with Gasteiger partial charge in [-0.1, -0.05) is 121 Å². The van der Waals surface area contributed by atoms with E-state index in [1.54, 1.807) is 11.3 Å². The molecular formula is C50H31ClN2S. The van der Waals surface area contributed by atoms with Crippen molar-refractivity contribution in [3.05, 3.63) is 193 Å². The molecule has 0 saturated heterocycles. The summed E-state index contributed by atoms with van der Waals surface area (Å²) in [4.78, 5) is 2.22. The molecule has 54 heavy (non-hydrogen) atoms. The van der Waals surface area contributed by atoms with Crippen LogP contribution in [0.5, 0.6) is 0 Å². The molecule has 9 aromatic carbocycles. The normalized spacial score (nSPS) is 13.6. The van der Waals surface area contributed by atoms with Gasteiger partial charge in [0.1, 0.15) is 0 Å². The fourth-order valence-electron chi connectivity index (χ4n) is 7.93. The second-order valence-corrected chi connectivity index (χ2v) is 14.9. The van der Waals surface area contributed by atoms with Crippen LogP contribution in [-0.2, 0) is 0 Å². The van der Waals surface area contributed by atoms with Crippen molar-refractivity contribution in [2.75, 3.05) is 4.90 Å². The number of thiophene rings is 1. The number of hydrogen-bond acceptors (Lipinski definition) is 2. The third-order valence-corrected chi connectivity index (χ3v) is 11.6. The van der Waals surface area contributed by atoms with Gasteiger partial charge in [-0.15, -0.1) is 11.3 Å². The highest BCUT2D eigenvalue weighted by atomic mass is 35.5. The van der Waals surface area contributed by atoms with Crippen molar-refractivity contribution in [2.45, 2.75) is 0 Å². The molecule has 254 valence electrons. The summed E-state index contributed by atoms with van der Waals surface area (Å²) in [6, 6.07) is 46.5. The van der Waals surface area contributed by atoms with Gasteiger partial charge in [-0.2, -0.15) is 0 Å². The molecule has 0 aliphatic rings. The quantitative estimate of drug-likeness (QED) is 0.171. The van der Waals surface area contributed by atoms with E-state index in [1.807, 2.05) is 83.4 Å². The van der Waals surface area contributed by atoms with Crippen LogP contribution in [0.2, 0.25) is 5.02 Å². The van der Waals surface area contributed by atoms with Gasteiger partial charge in [-0.25, -0.2) is 0 Å². The topological polar surface area (TPSA) is 8.17 Å². The molecule has 2 nitrogen and oxygen atoms in total. The van der Waals surface area contributed by atoms with E-state index in [4.69, 9.17) is 19.8 Å². The van der Waals surface area contributed by atoms with E-state index >= 15 is 0 Å². The predicted octanol–water partition coefficient (Wildman–Crippen LogP) is 15.2. The molecule has 4 heteroatoms. The van der Waals surface area contributed by atoms with Crippen molar-refractivity contribution in [3.8, 4) is 16.8 Å². The van der Waals surface area contributed by atoms with E-state index in [9.17, 15) is 1.37 Å². The summed E-state index contributed by atoms with van der Waals surface area (Å²) in [5.41, 5.74) is 6.11. The zero-order chi connectivity index (χ0) is 41.8. The van der Waals surface area contributed by atoms with Crippen LogP contribution in [0.15, 0.2) is 188 Å². The van der Waals surface area contributed by atoms with Crippen LogP contribution in [0.25, 0.3) is 80.3 Å². The highest BCUT2D eigenvalue weighted by Crippen LogP contribution is 2.44. The summed E-state index contributed by atoms with van der Waals surface area (Å²) >= 11 is 8.84. The second kappa shape index (κ2) is 12.3. The molecule has 0 N–H and O–H groups in total. The number of fused-ring (bicyclic) bond motifs is 9. The van der Waals surface area contributed by atoms with Crippen molar-refractivity contribution in [3.63, 3.8) is 0 Å². The first-order valence-corrected chi connectivity index (χ1v) is 18.8. The van der Waals surface area contributed by atoms with Crippen LogP contribution in [0.3, 0.4) is 0 Å². The maximum absolute atomic E-state index is 9.28. The summed E-state index contributed by atoms with van der Waals surface area (Å²) in [6.07, 6.45) is 0. The summed E-state index contributed by atoms with van der Waals surface area (Å²) in [5, 5.41) is 6.58. The van der Waals surface area contributed by atoms with E-state index in [0.717, 1.165) is 49.7 Å². The Kier molecular flexibility index (Phi) is 5.67. The van der Waals surface area contributed by atoms with Crippen LogP contribution in [0.4, 0.5) is 17.1 Å². The summed E-state index contributed by atoms with van der Waals surface area (Å²) in [5.74, 6) is 0. The Hall–Kier alpha value is -6.39. The predicted molar refractivity (Wildman–Crippen MR) is 234 cm³/mol. The average molecular weight is 734 g/mol. The lowest BCUT2D eigenvalue weighted by atomic mass is 9.99. The molecule has 2 aromatic heterocycles. The molecule has 11 rings (SSSR count). The monoisotopic (exact) mass is 733 g/mol. The van der Waals surface area contributed by atoms with Gasteiger partial charge in [0.05, 0.1) is 26.3 Å². The number of aromatic nitrogens is 1. The van der Waals surface area contributed by atoms with E-state index in [0.29, 0.717) is 16.1 Å². The lowest BCUT2D eigenvalue weighted by Gasteiger charge is -2.26. The van der Waals surface area contributed by atoms with Crippen molar-refractivity contribution in [2.24, 2.45) is 0 Å². The van der Waals surface area contributed by atoms with Gasteiger partial charge in [0.2, 0.25) is 0 Å². The highest BCUT2D eigenvalue weighted by Gasteiger charge is 2.20. The molecular weight excluding hydrogens is 696 g/mol. The smallest absolute Gasteiger partial charge is 0.0645 e. The van der Waals surface area contributed by atoms with Crippen LogP contribution in [0.1, 0.15) is 9.60 Å². The number of anilines is 3. The number of rotatable bonds is 5. The largest absolute Gasteiger partial charge is 0.310 e. The highest BCUT2D eigenvalue weighted by molar-refractivity contribution is 7.25. The van der Waals surface area contributed by atoms with Gasteiger partial charge in [0.15, 0.2) is 0 Å². The number of benzene rings is 9. The summed E-state index contributed by atoms with van der Waals surface area (Å²) in [6.45, 7) is 0. The lowest BCUT2D eigenvalue weighted by molar-refractivity contribution is 1.20. The van der Waals surface area contributed by atoms with Crippen molar-refractivity contribution < 1.29 is 9.60 Å². The zero-order valence-electron chi connectivity index (χ0n) is 35.5. The van der Waals surface area contributed by atoms with Crippen molar-refractivity contribution in [1.82, 2.24) is 4.57 Å². The maximum Gasteiger partial charge on any atom is 0.0645 e. The standard InChI is InChI=1S/C50H31ClN2S/c51-36-27-35(28-39(30-36)52(37-14-2-1-3-15-37)38-23-26-49-43(31-38)42-18-8-9-20-48(42)54-49)34-22-24-46-44(29-34)50-41-17-7-5-12-33(41)21-25-47(50)53(46)45-19-10-13-32-11-4-6-16-40(32)45/h1-31H/i4D,6D,10D,11D,13D,16D,19D. The maximum atomic E-state index is 9.28. The minimum Gasteiger partial charge on any atom is -0.310 e. The molecule has 0 saturated carbocycles. The Balaban J connectivity index is 1.17. The van der Waals surface area contributed by atoms with Crippen LogP contribution >= 0.6 is 22.9 Å². The summed E-state index contributed by atoms with van der Waals surface area (Å²) < 4.78 is 66.0. The molecule has 0 fully saturated rings. The van der Waals surface area contributed by atoms with Crippen LogP contribution in [0, 0.1) is 0 Å². The molecule has 11 aromatic rings. The zero-order valence-corrected chi connectivity index (χ0v) is 30.1. The Morgan fingerprint density at radius 2 is 1.26 bits per heavy atom. The average Bonchev–Trinajstić information content (AvgIpc) is 3.82. The fourth-order valence-corrected chi connectivity index (χ4v) is 9.24. The van der Waals surface area contributed by atoms with E-state index in [1.165, 1.54) is 20.2 Å². The molecule has 0 amide bonds. The van der Waals surface area contributed by atoms with E-state index in [-0.39, 0.29) is 28.5 Å². The molecule has 0 radical (unpaired) electrons. The number of halogens is 1. The Morgan fingerprint density at radius 3 is 2.19 bits per heavy atom. The first-order valence-electron chi connectivity index (χ1n) is 21.1. The lowest BCUT2D eigenvalue weighted by Crippen LogP contribution is -2.10. The molecule has 0 aliphatic carbocycles. The van der Waals surface area contributed by atoms with Gasteiger partial charge >= 0.3 is 0 Å². The third kappa shape index (κ3) is 4.94. The molecule has 0 unspecified atom stereocenters. The second-order valence-electron chi connectivity index (χ2n) is 13.4. The Bertz CT molecular complexity index is 3650. The Labute approximate surface area is 331 Å². The first-order chi connectivity index (χ1) is 29.6. The van der Waals surface area contributed by atoms with E-state index in [2.05, 4.69) is 71.6 Å². The van der Waals surface area contributed by atoms with Crippen LogP contribution in [-0.4, -0.2) is 4.57 Å². The minimum atomic E-state index is -0.487. The van der Waals surface area contributed by atoms with Crippen LogP contribution < -0.4 is 4.90 Å². The molecule has 2 heterocycles. The third-order valence-electron chi connectivity index (χ3n) is 10.3. The van der Waals surface area contributed by atoms with Gasteiger partial charge < -0.3 is 9.47 Å². The van der Waals surface area contributed by atoms with Gasteiger partial charge in [-0.3, -0.25) is 0 Å². The van der Waals surface area contributed by atoms with Crippen molar-refractivity contribution >= 4 is 104 Å². The molecule has 0 bridgehead atoms.